The molecule has 9 heteroatoms. The van der Waals surface area contributed by atoms with Crippen LogP contribution in [0.4, 0.5) is 26.3 Å². The number of esters is 1. The lowest BCUT2D eigenvalue weighted by atomic mass is 10.0. The van der Waals surface area contributed by atoms with Crippen molar-refractivity contribution in [3.8, 4) is 0 Å². The average molecular weight is 300 g/mol. The molecule has 0 atom stereocenters. The van der Waals surface area contributed by atoms with Crippen molar-refractivity contribution in [3.63, 3.8) is 0 Å². The Morgan fingerprint density at radius 1 is 0.900 bits per heavy atom. The molecule has 3 nitrogen and oxygen atoms in total. The molecule has 1 aromatic carbocycles. The number of Topliss-reactive ketones (excluding diaryl/α,β-unsaturated/α-hetero) is 1. The second kappa shape index (κ2) is 5.14. The van der Waals surface area contributed by atoms with Gasteiger partial charge in [-0.05, 0) is 18.2 Å². The number of alkyl halides is 6. The summed E-state index contributed by atoms with van der Waals surface area (Å²) in [6.45, 7) is 0. The van der Waals surface area contributed by atoms with Gasteiger partial charge >= 0.3 is 18.3 Å². The van der Waals surface area contributed by atoms with Crippen molar-refractivity contribution in [2.45, 2.75) is 12.4 Å². The first-order valence-corrected chi connectivity index (χ1v) is 4.89. The normalized spacial score (nSPS) is 12.2. The van der Waals surface area contributed by atoms with Gasteiger partial charge in [0.25, 0.3) is 5.78 Å². The Kier molecular flexibility index (Phi) is 4.11. The number of halogens is 6. The highest BCUT2D eigenvalue weighted by Crippen LogP contribution is 2.36. The minimum absolute atomic E-state index is 0.145. The molecule has 1 rings (SSSR count). The zero-order valence-corrected chi connectivity index (χ0v) is 9.72. The Bertz CT molecular complexity index is 512. The summed E-state index contributed by atoms with van der Waals surface area (Å²) in [5.41, 5.74) is -4.40. The third-order valence-electron chi connectivity index (χ3n) is 2.22. The predicted molar refractivity (Wildman–Crippen MR) is 52.8 cm³/mol. The van der Waals surface area contributed by atoms with Gasteiger partial charge in [0.1, 0.15) is 0 Å². The molecular weight excluding hydrogens is 294 g/mol. The van der Waals surface area contributed by atoms with E-state index in [-0.39, 0.29) is 18.2 Å². The molecule has 110 valence electrons. The molecule has 0 saturated heterocycles. The molecule has 0 aliphatic rings. The summed E-state index contributed by atoms with van der Waals surface area (Å²) in [6, 6.07) is 0.178. The maximum atomic E-state index is 12.5. The second-order valence-electron chi connectivity index (χ2n) is 3.62. The monoisotopic (exact) mass is 300 g/mol. The van der Waals surface area contributed by atoms with E-state index in [9.17, 15) is 35.9 Å². The molecule has 0 aliphatic carbocycles. The fraction of sp³-hybridized carbons (Fsp3) is 0.273. The van der Waals surface area contributed by atoms with Crippen LogP contribution in [0.15, 0.2) is 18.2 Å². The van der Waals surface area contributed by atoms with E-state index in [1.165, 1.54) is 0 Å². The van der Waals surface area contributed by atoms with Gasteiger partial charge in [-0.2, -0.15) is 26.3 Å². The summed E-state index contributed by atoms with van der Waals surface area (Å²) in [6.07, 6.45) is -10.2. The zero-order chi connectivity index (χ0) is 15.7. The maximum absolute atomic E-state index is 12.5. The molecule has 0 spiro atoms. The van der Waals surface area contributed by atoms with E-state index in [1.54, 1.807) is 0 Å². The molecule has 20 heavy (non-hydrogen) atoms. The van der Waals surface area contributed by atoms with E-state index in [0.29, 0.717) is 0 Å². The van der Waals surface area contributed by atoms with Gasteiger partial charge in [-0.3, -0.25) is 4.79 Å². The highest BCUT2D eigenvalue weighted by molar-refractivity contribution is 6.40. The Labute approximate surface area is 108 Å². The van der Waals surface area contributed by atoms with Gasteiger partial charge in [0.05, 0.1) is 18.2 Å². The number of rotatable bonds is 2. The first kappa shape index (κ1) is 16.0. The van der Waals surface area contributed by atoms with E-state index >= 15 is 0 Å². The van der Waals surface area contributed by atoms with Gasteiger partial charge in [0, 0.05) is 5.56 Å². The fourth-order valence-electron chi connectivity index (χ4n) is 1.30. The molecule has 0 aliphatic heterocycles. The van der Waals surface area contributed by atoms with Gasteiger partial charge in [-0.1, -0.05) is 0 Å². The van der Waals surface area contributed by atoms with Gasteiger partial charge in [0.2, 0.25) is 0 Å². The Hall–Kier alpha value is -2.06. The lowest BCUT2D eigenvalue weighted by molar-refractivity contribution is -0.143. The van der Waals surface area contributed by atoms with Crippen LogP contribution in [0.1, 0.15) is 21.5 Å². The van der Waals surface area contributed by atoms with Crippen LogP contribution in [0, 0.1) is 0 Å². The molecule has 0 N–H and O–H groups in total. The predicted octanol–water partition coefficient (Wildman–Crippen LogP) is 3.08. The highest BCUT2D eigenvalue weighted by atomic mass is 19.4. The van der Waals surface area contributed by atoms with E-state index in [2.05, 4.69) is 4.74 Å². The van der Waals surface area contributed by atoms with Gasteiger partial charge in [-0.25, -0.2) is 4.79 Å². The summed E-state index contributed by atoms with van der Waals surface area (Å²) in [5.74, 6) is -3.15. The van der Waals surface area contributed by atoms with Crippen LogP contribution in [-0.4, -0.2) is 18.9 Å². The lowest BCUT2D eigenvalue weighted by Gasteiger charge is -2.13. The Morgan fingerprint density at radius 2 is 1.30 bits per heavy atom. The first-order valence-electron chi connectivity index (χ1n) is 4.89. The average Bonchev–Trinajstić information content (AvgIpc) is 2.34. The summed E-state index contributed by atoms with van der Waals surface area (Å²) in [7, 11) is 0.776. The zero-order valence-electron chi connectivity index (χ0n) is 9.72. The molecule has 0 saturated carbocycles. The number of ether oxygens (including phenoxy) is 1. The molecule has 0 radical (unpaired) electrons. The number of hydrogen-bond donors (Lipinski definition) is 0. The number of hydrogen-bond acceptors (Lipinski definition) is 3. The van der Waals surface area contributed by atoms with Crippen LogP contribution in [0.2, 0.25) is 0 Å². The van der Waals surface area contributed by atoms with Gasteiger partial charge in [0.15, 0.2) is 0 Å². The topological polar surface area (TPSA) is 43.4 Å². The van der Waals surface area contributed by atoms with E-state index < -0.39 is 40.8 Å². The minimum atomic E-state index is -5.09. The number of benzene rings is 1. The van der Waals surface area contributed by atoms with Crippen LogP contribution in [-0.2, 0) is 21.9 Å². The highest BCUT2D eigenvalue weighted by Gasteiger charge is 2.38. The van der Waals surface area contributed by atoms with Crippen molar-refractivity contribution in [1.29, 1.82) is 0 Å². The summed E-state index contributed by atoms with van der Waals surface area (Å²) >= 11 is 0. The molecule has 0 heterocycles. The largest absolute Gasteiger partial charge is 0.463 e. The van der Waals surface area contributed by atoms with Crippen molar-refractivity contribution in [3.05, 3.63) is 34.9 Å². The molecule has 0 bridgehead atoms. The Balaban J connectivity index is 3.46. The van der Waals surface area contributed by atoms with E-state index in [1.807, 2.05) is 0 Å². The molecule has 0 aromatic heterocycles. The molecular formula is C11H6F6O3. The SMILES string of the molecule is COC(=O)C(=O)c1cc(C(F)(F)F)cc(C(F)(F)F)c1. The molecule has 0 fully saturated rings. The van der Waals surface area contributed by atoms with Crippen molar-refractivity contribution in [2.24, 2.45) is 0 Å². The van der Waals surface area contributed by atoms with Crippen LogP contribution in [0.3, 0.4) is 0 Å². The number of carbonyl (C=O) groups is 2. The summed E-state index contributed by atoms with van der Waals surface area (Å²) in [4.78, 5) is 22.2. The van der Waals surface area contributed by atoms with Crippen molar-refractivity contribution >= 4 is 11.8 Å². The Morgan fingerprint density at radius 3 is 1.60 bits per heavy atom. The number of methoxy groups -OCH3 is 1. The quantitative estimate of drug-likeness (QED) is 0.365. The standard InChI is InChI=1S/C11H6F6O3/c1-20-9(19)8(18)5-2-6(10(12,13)14)4-7(3-5)11(15,16)17/h2-4H,1H3. The van der Waals surface area contributed by atoms with Crippen LogP contribution < -0.4 is 0 Å². The molecule has 0 amide bonds. The number of ketones is 1. The maximum Gasteiger partial charge on any atom is 0.416 e. The smallest absolute Gasteiger partial charge is 0.416 e. The van der Waals surface area contributed by atoms with Gasteiger partial charge < -0.3 is 4.74 Å². The fourth-order valence-corrected chi connectivity index (χ4v) is 1.30. The van der Waals surface area contributed by atoms with Crippen LogP contribution in [0.25, 0.3) is 0 Å². The van der Waals surface area contributed by atoms with Crippen LogP contribution >= 0.6 is 0 Å². The minimum Gasteiger partial charge on any atom is -0.463 e. The first-order chi connectivity index (χ1) is 8.96. The van der Waals surface area contributed by atoms with Gasteiger partial charge in [-0.15, -0.1) is 0 Å². The van der Waals surface area contributed by atoms with Crippen LogP contribution in [0.5, 0.6) is 0 Å². The van der Waals surface area contributed by atoms with Crippen molar-refractivity contribution in [1.82, 2.24) is 0 Å². The third kappa shape index (κ3) is 3.49. The number of carbonyl (C=O) groups excluding carboxylic acids is 2. The molecule has 1 aromatic rings. The summed E-state index contributed by atoms with van der Waals surface area (Å²) < 4.78 is 78.9. The summed E-state index contributed by atoms with van der Waals surface area (Å²) in [5, 5.41) is 0. The van der Waals surface area contributed by atoms with E-state index in [4.69, 9.17) is 0 Å². The second-order valence-corrected chi connectivity index (χ2v) is 3.62. The van der Waals surface area contributed by atoms with E-state index in [0.717, 1.165) is 7.11 Å². The van der Waals surface area contributed by atoms with Crippen molar-refractivity contribution in [2.75, 3.05) is 7.11 Å². The van der Waals surface area contributed by atoms with Crippen molar-refractivity contribution < 1.29 is 40.7 Å². The third-order valence-corrected chi connectivity index (χ3v) is 2.22. The molecule has 0 unspecified atom stereocenters. The lowest BCUT2D eigenvalue weighted by Crippen LogP contribution is -2.19.